The quantitative estimate of drug-likeness (QED) is 0.327. The van der Waals surface area contributed by atoms with Crippen LogP contribution in [-0.2, 0) is 0 Å². The molecule has 0 spiro atoms. The predicted molar refractivity (Wildman–Crippen MR) is 110 cm³/mol. The molecule has 1 unspecified atom stereocenters. The van der Waals surface area contributed by atoms with E-state index in [1.165, 1.54) is 4.90 Å². The van der Waals surface area contributed by atoms with Crippen molar-refractivity contribution >= 4 is 29.3 Å². The zero-order valence-corrected chi connectivity index (χ0v) is 17.0. The number of halogens is 1. The number of nitrogens with zero attached hydrogens (tertiary/aromatic N) is 3. The SMILES string of the molecule is CN=C(NCCSc1ccc(Cl)cc1)NCC(C)N1CCN(C)CC1. The highest BCUT2D eigenvalue weighted by molar-refractivity contribution is 7.99. The van der Waals surface area contributed by atoms with E-state index >= 15 is 0 Å². The Bertz CT molecular complexity index is 529. The molecule has 0 amide bonds. The number of hydrogen-bond acceptors (Lipinski definition) is 4. The van der Waals surface area contributed by atoms with E-state index in [4.69, 9.17) is 11.6 Å². The Hall–Kier alpha value is -0.950. The summed E-state index contributed by atoms with van der Waals surface area (Å²) in [6.45, 7) is 8.65. The van der Waals surface area contributed by atoms with Gasteiger partial charge < -0.3 is 15.5 Å². The van der Waals surface area contributed by atoms with Crippen molar-refractivity contribution in [3.8, 4) is 0 Å². The van der Waals surface area contributed by atoms with Crippen LogP contribution in [0.15, 0.2) is 34.2 Å². The summed E-state index contributed by atoms with van der Waals surface area (Å²) in [7, 11) is 4.01. The van der Waals surface area contributed by atoms with Crippen LogP contribution in [0.1, 0.15) is 6.92 Å². The molecule has 140 valence electrons. The van der Waals surface area contributed by atoms with Gasteiger partial charge in [0.2, 0.25) is 0 Å². The van der Waals surface area contributed by atoms with Gasteiger partial charge in [0, 0.05) is 68.0 Å². The van der Waals surface area contributed by atoms with Crippen LogP contribution in [0.5, 0.6) is 0 Å². The summed E-state index contributed by atoms with van der Waals surface area (Å²) in [5, 5.41) is 7.60. The van der Waals surface area contributed by atoms with Gasteiger partial charge in [-0.2, -0.15) is 0 Å². The van der Waals surface area contributed by atoms with Gasteiger partial charge in [0.25, 0.3) is 0 Å². The second-order valence-electron chi connectivity index (χ2n) is 6.37. The largest absolute Gasteiger partial charge is 0.356 e. The number of nitrogens with one attached hydrogen (secondary N) is 2. The van der Waals surface area contributed by atoms with E-state index in [9.17, 15) is 0 Å². The lowest BCUT2D eigenvalue weighted by atomic mass is 10.2. The van der Waals surface area contributed by atoms with Gasteiger partial charge >= 0.3 is 0 Å². The first-order chi connectivity index (χ1) is 12.1. The molecular weight excluding hydrogens is 354 g/mol. The number of benzene rings is 1. The Morgan fingerprint density at radius 3 is 2.52 bits per heavy atom. The van der Waals surface area contributed by atoms with Crippen molar-refractivity contribution in [2.24, 2.45) is 4.99 Å². The summed E-state index contributed by atoms with van der Waals surface area (Å²) in [5.74, 6) is 1.86. The predicted octanol–water partition coefficient (Wildman–Crippen LogP) is 2.23. The van der Waals surface area contributed by atoms with Crippen LogP contribution >= 0.6 is 23.4 Å². The van der Waals surface area contributed by atoms with Crippen molar-refractivity contribution < 1.29 is 0 Å². The third-order valence-corrected chi connectivity index (χ3v) is 5.69. The van der Waals surface area contributed by atoms with Crippen LogP contribution < -0.4 is 10.6 Å². The molecule has 1 saturated heterocycles. The van der Waals surface area contributed by atoms with Crippen LogP contribution in [0, 0.1) is 0 Å². The van der Waals surface area contributed by atoms with Crippen molar-refractivity contribution in [3.05, 3.63) is 29.3 Å². The number of piperazine rings is 1. The minimum Gasteiger partial charge on any atom is -0.356 e. The second kappa shape index (κ2) is 10.9. The van der Waals surface area contributed by atoms with Gasteiger partial charge in [0.05, 0.1) is 0 Å². The van der Waals surface area contributed by atoms with Gasteiger partial charge in [0.1, 0.15) is 0 Å². The number of guanidine groups is 1. The van der Waals surface area contributed by atoms with Gasteiger partial charge in [-0.05, 0) is 38.2 Å². The van der Waals surface area contributed by atoms with E-state index in [2.05, 4.69) is 51.5 Å². The average molecular weight is 384 g/mol. The van der Waals surface area contributed by atoms with Crippen LogP contribution in [0.2, 0.25) is 5.02 Å². The molecule has 1 fully saturated rings. The van der Waals surface area contributed by atoms with Crippen molar-refractivity contribution in [1.82, 2.24) is 20.4 Å². The third-order valence-electron chi connectivity index (χ3n) is 4.43. The topological polar surface area (TPSA) is 42.9 Å². The molecule has 1 atom stereocenters. The Morgan fingerprint density at radius 2 is 1.88 bits per heavy atom. The maximum absolute atomic E-state index is 5.91. The molecule has 7 heteroatoms. The van der Waals surface area contributed by atoms with Crippen LogP contribution in [0.25, 0.3) is 0 Å². The molecule has 1 aliphatic heterocycles. The van der Waals surface area contributed by atoms with Gasteiger partial charge in [0.15, 0.2) is 5.96 Å². The van der Waals surface area contributed by atoms with E-state index < -0.39 is 0 Å². The first-order valence-electron chi connectivity index (χ1n) is 8.84. The molecule has 1 aliphatic rings. The van der Waals surface area contributed by atoms with E-state index in [0.29, 0.717) is 6.04 Å². The lowest BCUT2D eigenvalue weighted by Crippen LogP contribution is -2.52. The van der Waals surface area contributed by atoms with Crippen LogP contribution in [-0.4, -0.2) is 80.9 Å². The van der Waals surface area contributed by atoms with Gasteiger partial charge in [-0.1, -0.05) is 11.6 Å². The molecule has 0 saturated carbocycles. The zero-order chi connectivity index (χ0) is 18.1. The minimum absolute atomic E-state index is 0.510. The van der Waals surface area contributed by atoms with Crippen molar-refractivity contribution in [1.29, 1.82) is 0 Å². The summed E-state index contributed by atoms with van der Waals surface area (Å²) in [4.78, 5) is 10.5. The normalized spacial score (nSPS) is 18.2. The first-order valence-corrected chi connectivity index (χ1v) is 10.2. The molecule has 2 rings (SSSR count). The summed E-state index contributed by atoms with van der Waals surface area (Å²) in [6, 6.07) is 8.47. The molecule has 1 aromatic carbocycles. The molecule has 0 aliphatic carbocycles. The fourth-order valence-corrected chi connectivity index (χ4v) is 3.62. The molecule has 0 bridgehead atoms. The van der Waals surface area contributed by atoms with Crippen molar-refractivity contribution in [2.45, 2.75) is 17.9 Å². The number of rotatable bonds is 7. The van der Waals surface area contributed by atoms with Crippen molar-refractivity contribution in [2.75, 3.05) is 59.1 Å². The summed E-state index contributed by atoms with van der Waals surface area (Å²) < 4.78 is 0. The molecule has 1 heterocycles. The summed E-state index contributed by atoms with van der Waals surface area (Å²) >= 11 is 7.72. The highest BCUT2D eigenvalue weighted by Gasteiger charge is 2.18. The smallest absolute Gasteiger partial charge is 0.191 e. The van der Waals surface area contributed by atoms with Crippen LogP contribution in [0.3, 0.4) is 0 Å². The van der Waals surface area contributed by atoms with E-state index in [0.717, 1.165) is 56.0 Å². The number of aliphatic imine (C=N–C) groups is 1. The second-order valence-corrected chi connectivity index (χ2v) is 7.98. The van der Waals surface area contributed by atoms with Crippen LogP contribution in [0.4, 0.5) is 0 Å². The molecule has 2 N–H and O–H groups in total. The number of thioether (sulfide) groups is 1. The average Bonchev–Trinajstić information content (AvgIpc) is 2.63. The lowest BCUT2D eigenvalue weighted by Gasteiger charge is -2.36. The monoisotopic (exact) mass is 383 g/mol. The summed E-state index contributed by atoms with van der Waals surface area (Å²) in [6.07, 6.45) is 0. The third kappa shape index (κ3) is 7.44. The summed E-state index contributed by atoms with van der Waals surface area (Å²) in [5.41, 5.74) is 0. The van der Waals surface area contributed by atoms with Gasteiger partial charge in [-0.15, -0.1) is 11.8 Å². The fourth-order valence-electron chi connectivity index (χ4n) is 2.73. The Kier molecular flexibility index (Phi) is 8.89. The highest BCUT2D eigenvalue weighted by Crippen LogP contribution is 2.19. The lowest BCUT2D eigenvalue weighted by molar-refractivity contribution is 0.120. The molecule has 0 radical (unpaired) electrons. The Labute approximate surface area is 161 Å². The molecule has 0 aromatic heterocycles. The fraction of sp³-hybridized carbons (Fsp3) is 0.611. The molecule has 25 heavy (non-hydrogen) atoms. The highest BCUT2D eigenvalue weighted by atomic mass is 35.5. The minimum atomic E-state index is 0.510. The van der Waals surface area contributed by atoms with Gasteiger partial charge in [-0.3, -0.25) is 9.89 Å². The Morgan fingerprint density at radius 1 is 1.20 bits per heavy atom. The van der Waals surface area contributed by atoms with Crippen molar-refractivity contribution in [3.63, 3.8) is 0 Å². The maximum atomic E-state index is 5.91. The van der Waals surface area contributed by atoms with E-state index in [1.807, 2.05) is 30.9 Å². The number of likely N-dealkylation sites (N-methyl/N-ethyl adjacent to an activating group) is 1. The standard InChI is InChI=1S/C18H30ClN5S/c1-15(24-11-9-23(3)10-12-24)14-22-18(20-2)21-8-13-25-17-6-4-16(19)5-7-17/h4-7,15H,8-14H2,1-3H3,(H2,20,21,22). The maximum Gasteiger partial charge on any atom is 0.191 e. The van der Waals surface area contributed by atoms with Gasteiger partial charge in [-0.25, -0.2) is 0 Å². The zero-order valence-electron chi connectivity index (χ0n) is 15.5. The molecular formula is C18H30ClN5S. The molecule has 5 nitrogen and oxygen atoms in total. The van der Waals surface area contributed by atoms with E-state index in [-0.39, 0.29) is 0 Å². The first kappa shape index (κ1) is 20.4. The molecule has 1 aromatic rings. The Balaban J connectivity index is 1.62. The van der Waals surface area contributed by atoms with E-state index in [1.54, 1.807) is 0 Å². The number of hydrogen-bond donors (Lipinski definition) is 2.